The van der Waals surface area contributed by atoms with Gasteiger partial charge in [-0.2, -0.15) is 0 Å². The van der Waals surface area contributed by atoms with Crippen LogP contribution in [0.3, 0.4) is 0 Å². The number of rotatable bonds is 4. The fraction of sp³-hybridized carbons (Fsp3) is 0.400. The molecule has 0 amide bonds. The predicted molar refractivity (Wildman–Crippen MR) is 57.4 cm³/mol. The average Bonchev–Trinajstić information content (AvgIpc) is 2.15. The van der Waals surface area contributed by atoms with E-state index in [2.05, 4.69) is 15.9 Å². The maximum Gasteiger partial charge on any atom is 0.0431 e. The molecular weight excluding hydrogens is 230 g/mol. The van der Waals surface area contributed by atoms with Crippen LogP contribution in [0.25, 0.3) is 0 Å². The molecule has 0 heterocycles. The van der Waals surface area contributed by atoms with Gasteiger partial charge in [-0.05, 0) is 24.5 Å². The van der Waals surface area contributed by atoms with Crippen molar-refractivity contribution in [3.63, 3.8) is 0 Å². The Bertz CT molecular complexity index is 265. The lowest BCUT2D eigenvalue weighted by molar-refractivity contribution is 0.280. The summed E-state index contributed by atoms with van der Waals surface area (Å²) in [5.74, 6) is 0. The molecule has 2 nitrogen and oxygen atoms in total. The minimum Gasteiger partial charge on any atom is -0.396 e. The van der Waals surface area contributed by atoms with E-state index in [4.69, 9.17) is 10.8 Å². The summed E-state index contributed by atoms with van der Waals surface area (Å²) < 4.78 is 1.04. The van der Waals surface area contributed by atoms with Gasteiger partial charge in [0, 0.05) is 17.1 Å². The molecule has 3 heteroatoms. The van der Waals surface area contributed by atoms with Crippen LogP contribution in [0.1, 0.15) is 24.4 Å². The van der Waals surface area contributed by atoms with E-state index in [1.54, 1.807) is 0 Å². The third kappa shape index (κ3) is 3.10. The van der Waals surface area contributed by atoms with Crippen LogP contribution in [0.15, 0.2) is 28.7 Å². The van der Waals surface area contributed by atoms with Gasteiger partial charge in [0.15, 0.2) is 0 Å². The minimum absolute atomic E-state index is 0.0164. The van der Waals surface area contributed by atoms with Crippen molar-refractivity contribution in [3.8, 4) is 0 Å². The van der Waals surface area contributed by atoms with Crippen LogP contribution in [-0.2, 0) is 0 Å². The topological polar surface area (TPSA) is 46.2 Å². The predicted octanol–water partition coefficient (Wildman–Crippen LogP) is 2.22. The third-order valence-electron chi connectivity index (χ3n) is 1.98. The largest absolute Gasteiger partial charge is 0.396 e. The van der Waals surface area contributed by atoms with Gasteiger partial charge in [-0.1, -0.05) is 34.1 Å². The van der Waals surface area contributed by atoms with E-state index < -0.39 is 0 Å². The summed E-state index contributed by atoms with van der Waals surface area (Å²) in [4.78, 5) is 0. The summed E-state index contributed by atoms with van der Waals surface area (Å²) in [7, 11) is 0. The first-order valence-electron chi connectivity index (χ1n) is 4.36. The Morgan fingerprint density at radius 2 is 2.08 bits per heavy atom. The zero-order valence-corrected chi connectivity index (χ0v) is 9.00. The van der Waals surface area contributed by atoms with Crippen LogP contribution >= 0.6 is 15.9 Å². The van der Waals surface area contributed by atoms with Crippen molar-refractivity contribution < 1.29 is 5.11 Å². The molecule has 1 atom stereocenters. The molecule has 0 bridgehead atoms. The molecule has 3 N–H and O–H groups in total. The molecule has 0 unspecified atom stereocenters. The van der Waals surface area contributed by atoms with Crippen LogP contribution in [0, 0.1) is 0 Å². The van der Waals surface area contributed by atoms with E-state index >= 15 is 0 Å². The lowest BCUT2D eigenvalue weighted by Gasteiger charge is -2.12. The number of benzene rings is 1. The standard InChI is InChI=1S/C10H14BrNO/c11-9-5-2-1-4-8(9)10(12)6-3-7-13/h1-2,4-5,10,13H,3,6-7,12H2/t10-/m0/s1. The first-order valence-corrected chi connectivity index (χ1v) is 5.16. The molecule has 0 spiro atoms. The summed E-state index contributed by atoms with van der Waals surface area (Å²) in [5, 5.41) is 8.66. The first kappa shape index (κ1) is 10.7. The average molecular weight is 244 g/mol. The normalized spacial score (nSPS) is 12.8. The van der Waals surface area contributed by atoms with Gasteiger partial charge in [-0.15, -0.1) is 0 Å². The number of halogens is 1. The van der Waals surface area contributed by atoms with E-state index in [0.717, 1.165) is 22.9 Å². The van der Waals surface area contributed by atoms with Crippen molar-refractivity contribution in [2.24, 2.45) is 5.73 Å². The molecule has 0 fully saturated rings. The van der Waals surface area contributed by atoms with Crippen molar-refractivity contribution in [2.45, 2.75) is 18.9 Å². The van der Waals surface area contributed by atoms with Crippen LogP contribution in [0.5, 0.6) is 0 Å². The van der Waals surface area contributed by atoms with Crippen molar-refractivity contribution in [1.29, 1.82) is 0 Å². The van der Waals surface area contributed by atoms with E-state index in [9.17, 15) is 0 Å². The first-order chi connectivity index (χ1) is 6.25. The second-order valence-electron chi connectivity index (χ2n) is 2.99. The van der Waals surface area contributed by atoms with Crippen LogP contribution in [0.4, 0.5) is 0 Å². The van der Waals surface area contributed by atoms with E-state index in [1.807, 2.05) is 24.3 Å². The number of aliphatic hydroxyl groups is 1. The molecule has 0 saturated heterocycles. The van der Waals surface area contributed by atoms with Gasteiger partial charge >= 0.3 is 0 Å². The molecule has 0 aliphatic heterocycles. The number of nitrogens with two attached hydrogens (primary N) is 1. The summed E-state index contributed by atoms with van der Waals surface area (Å²) in [6.07, 6.45) is 1.57. The number of hydrogen-bond acceptors (Lipinski definition) is 2. The van der Waals surface area contributed by atoms with Gasteiger partial charge < -0.3 is 10.8 Å². The lowest BCUT2D eigenvalue weighted by Crippen LogP contribution is -2.11. The highest BCUT2D eigenvalue weighted by Gasteiger charge is 2.07. The minimum atomic E-state index is 0.0164. The van der Waals surface area contributed by atoms with E-state index in [-0.39, 0.29) is 12.6 Å². The lowest BCUT2D eigenvalue weighted by atomic mass is 10.0. The number of hydrogen-bond donors (Lipinski definition) is 2. The van der Waals surface area contributed by atoms with Gasteiger partial charge in [-0.3, -0.25) is 0 Å². The highest BCUT2D eigenvalue weighted by Crippen LogP contribution is 2.24. The Morgan fingerprint density at radius 3 is 2.69 bits per heavy atom. The molecule has 0 radical (unpaired) electrons. The summed E-state index contributed by atoms with van der Waals surface area (Å²) in [6, 6.07) is 7.94. The molecule has 1 rings (SSSR count). The smallest absolute Gasteiger partial charge is 0.0431 e. The molecule has 13 heavy (non-hydrogen) atoms. The van der Waals surface area contributed by atoms with Gasteiger partial charge in [0.1, 0.15) is 0 Å². The SMILES string of the molecule is N[C@@H](CCCO)c1ccccc1Br. The maximum absolute atomic E-state index is 8.66. The van der Waals surface area contributed by atoms with E-state index in [1.165, 1.54) is 0 Å². The van der Waals surface area contributed by atoms with Crippen molar-refractivity contribution in [2.75, 3.05) is 6.61 Å². The molecule has 0 saturated carbocycles. The van der Waals surface area contributed by atoms with Crippen LogP contribution in [0.2, 0.25) is 0 Å². The van der Waals surface area contributed by atoms with Crippen LogP contribution < -0.4 is 5.73 Å². The van der Waals surface area contributed by atoms with Crippen molar-refractivity contribution >= 4 is 15.9 Å². The second kappa shape index (κ2) is 5.37. The van der Waals surface area contributed by atoms with E-state index in [0.29, 0.717) is 0 Å². The Kier molecular flexibility index (Phi) is 4.42. The molecule has 0 aliphatic carbocycles. The zero-order valence-electron chi connectivity index (χ0n) is 7.41. The highest BCUT2D eigenvalue weighted by molar-refractivity contribution is 9.10. The molecule has 0 aliphatic rings. The fourth-order valence-electron chi connectivity index (χ4n) is 1.24. The summed E-state index contributed by atoms with van der Waals surface area (Å²) >= 11 is 3.45. The van der Waals surface area contributed by atoms with Crippen LogP contribution in [-0.4, -0.2) is 11.7 Å². The molecule has 72 valence electrons. The second-order valence-corrected chi connectivity index (χ2v) is 3.85. The van der Waals surface area contributed by atoms with Gasteiger partial charge in [0.2, 0.25) is 0 Å². The Labute approximate surface area is 86.9 Å². The van der Waals surface area contributed by atoms with Gasteiger partial charge in [0.25, 0.3) is 0 Å². The monoisotopic (exact) mass is 243 g/mol. The summed E-state index contributed by atoms with van der Waals surface area (Å²) in [6.45, 7) is 0.207. The summed E-state index contributed by atoms with van der Waals surface area (Å²) in [5.41, 5.74) is 7.05. The molecule has 0 aromatic heterocycles. The van der Waals surface area contributed by atoms with Gasteiger partial charge in [-0.25, -0.2) is 0 Å². The van der Waals surface area contributed by atoms with Gasteiger partial charge in [0.05, 0.1) is 0 Å². The molecular formula is C10H14BrNO. The molecule has 1 aromatic carbocycles. The molecule has 1 aromatic rings. The quantitative estimate of drug-likeness (QED) is 0.853. The maximum atomic E-state index is 8.66. The Balaban J connectivity index is 2.65. The fourth-order valence-corrected chi connectivity index (χ4v) is 1.82. The zero-order chi connectivity index (χ0) is 9.68. The third-order valence-corrected chi connectivity index (χ3v) is 2.70. The highest BCUT2D eigenvalue weighted by atomic mass is 79.9. The number of aliphatic hydroxyl groups excluding tert-OH is 1. The van der Waals surface area contributed by atoms with Crippen molar-refractivity contribution in [1.82, 2.24) is 0 Å². The Morgan fingerprint density at radius 1 is 1.38 bits per heavy atom. The Hall–Kier alpha value is -0.380. The van der Waals surface area contributed by atoms with Crippen molar-refractivity contribution in [3.05, 3.63) is 34.3 Å².